The van der Waals surface area contributed by atoms with Gasteiger partial charge in [-0.3, -0.25) is 9.59 Å². The summed E-state index contributed by atoms with van der Waals surface area (Å²) in [4.78, 5) is 45.4. The van der Waals surface area contributed by atoms with E-state index in [1.807, 2.05) is 29.2 Å². The normalized spacial score (nSPS) is 21.9. The highest BCUT2D eigenvalue weighted by molar-refractivity contribution is 5.96. The molecule has 3 amide bonds. The largest absolute Gasteiger partial charge is 0.493 e. The fourth-order valence-electron chi connectivity index (χ4n) is 8.23. The van der Waals surface area contributed by atoms with Crippen molar-refractivity contribution in [2.45, 2.75) is 49.5 Å². The molecule has 11 nitrogen and oxygen atoms in total. The maximum absolute atomic E-state index is 14.0. The maximum Gasteiger partial charge on any atom is 0.318 e. The summed E-state index contributed by atoms with van der Waals surface area (Å²) in [6.07, 6.45) is 4.49. The van der Waals surface area contributed by atoms with E-state index in [2.05, 4.69) is 46.6 Å². The smallest absolute Gasteiger partial charge is 0.318 e. The number of rotatable bonds is 11. The fourth-order valence-corrected chi connectivity index (χ4v) is 8.23. The summed E-state index contributed by atoms with van der Waals surface area (Å²) in [5.41, 5.74) is 2.04. The second-order valence-electron chi connectivity index (χ2n) is 14.1. The van der Waals surface area contributed by atoms with E-state index < -0.39 is 17.4 Å². The van der Waals surface area contributed by atoms with Crippen molar-refractivity contribution in [1.82, 2.24) is 20.0 Å². The van der Waals surface area contributed by atoms with Crippen LogP contribution >= 0.6 is 0 Å². The van der Waals surface area contributed by atoms with Crippen LogP contribution < -0.4 is 19.5 Å². The number of ether oxygens (including phenoxy) is 3. The van der Waals surface area contributed by atoms with E-state index in [0.29, 0.717) is 55.3 Å². The molecule has 3 aliphatic heterocycles. The highest BCUT2D eigenvalue weighted by Gasteiger charge is 2.44. The molecule has 0 aromatic heterocycles. The number of nitrogens with one attached hydrogen (secondary N) is 1. The van der Waals surface area contributed by atoms with Crippen molar-refractivity contribution in [3.8, 4) is 17.2 Å². The number of carbonyl (C=O) groups excluding carboxylic acids is 2. The SMILES string of the molecule is COc1cc(C(=O)N2CCC(CCN3CCC(NC(=O)N4CCCC(C(=O)O)C4)(c4ccccc4)CC3)(c3ccccc3)C2)cc(OC)c1OC. The predicted octanol–water partition coefficient (Wildman–Crippen LogP) is 5.38. The van der Waals surface area contributed by atoms with Gasteiger partial charge in [-0.25, -0.2) is 4.79 Å². The molecule has 3 saturated heterocycles. The van der Waals surface area contributed by atoms with Gasteiger partial charge in [0.15, 0.2) is 11.5 Å². The number of amides is 3. The number of carbonyl (C=O) groups is 3. The van der Waals surface area contributed by atoms with Gasteiger partial charge in [-0.2, -0.15) is 0 Å². The molecular weight excluding hydrogens is 648 g/mol. The van der Waals surface area contributed by atoms with Gasteiger partial charge >= 0.3 is 12.0 Å². The molecule has 3 aromatic carbocycles. The van der Waals surface area contributed by atoms with Gasteiger partial charge in [0.05, 0.1) is 32.8 Å². The van der Waals surface area contributed by atoms with E-state index in [1.54, 1.807) is 38.4 Å². The third kappa shape index (κ3) is 7.63. The van der Waals surface area contributed by atoms with Crippen LogP contribution in [0.25, 0.3) is 0 Å². The Labute approximate surface area is 300 Å². The van der Waals surface area contributed by atoms with E-state index in [0.717, 1.165) is 50.9 Å². The molecule has 51 heavy (non-hydrogen) atoms. The zero-order valence-electron chi connectivity index (χ0n) is 29.9. The second kappa shape index (κ2) is 15.6. The minimum atomic E-state index is -0.845. The minimum Gasteiger partial charge on any atom is -0.493 e. The van der Waals surface area contributed by atoms with Crippen molar-refractivity contribution >= 4 is 17.9 Å². The summed E-state index contributed by atoms with van der Waals surface area (Å²) in [7, 11) is 4.64. The molecule has 0 spiro atoms. The first kappa shape index (κ1) is 36.0. The van der Waals surface area contributed by atoms with Crippen LogP contribution in [0.5, 0.6) is 17.2 Å². The third-order valence-corrected chi connectivity index (χ3v) is 11.3. The predicted molar refractivity (Wildman–Crippen MR) is 194 cm³/mol. The van der Waals surface area contributed by atoms with Gasteiger partial charge in [-0.15, -0.1) is 0 Å². The Morgan fingerprint density at radius 3 is 2.02 bits per heavy atom. The number of piperidine rings is 2. The Kier molecular flexibility index (Phi) is 11.0. The monoisotopic (exact) mass is 698 g/mol. The molecule has 2 N–H and O–H groups in total. The lowest BCUT2D eigenvalue weighted by molar-refractivity contribution is -0.143. The first-order valence-electron chi connectivity index (χ1n) is 17.9. The zero-order chi connectivity index (χ0) is 36.0. The lowest BCUT2D eigenvalue weighted by Crippen LogP contribution is -2.57. The molecule has 3 aliphatic rings. The maximum atomic E-state index is 14.0. The molecule has 0 aliphatic carbocycles. The standard InChI is InChI=1S/C40H50N4O7/c1-49-33-25-30(26-34(50-2)35(33)51-3)36(45)44-24-17-39(28-44,31-12-6-4-7-13-31)16-21-42-22-18-40(19-23-42,32-14-8-5-9-15-32)41-38(48)43-20-10-11-29(27-43)37(46)47/h4-9,12-15,25-26,29H,10-11,16-24,27-28H2,1-3H3,(H,41,48)(H,46,47). The molecule has 11 heteroatoms. The van der Waals surface area contributed by atoms with E-state index >= 15 is 0 Å². The summed E-state index contributed by atoms with van der Waals surface area (Å²) >= 11 is 0. The number of carboxylic acid groups (broad SMARTS) is 1. The number of hydrogen-bond acceptors (Lipinski definition) is 7. The summed E-state index contributed by atoms with van der Waals surface area (Å²) in [6.45, 7) is 4.47. The molecule has 6 rings (SSSR count). The number of benzene rings is 3. The van der Waals surface area contributed by atoms with Crippen LogP contribution in [0.3, 0.4) is 0 Å². The Morgan fingerprint density at radius 1 is 0.804 bits per heavy atom. The van der Waals surface area contributed by atoms with Crippen molar-refractivity contribution in [1.29, 1.82) is 0 Å². The zero-order valence-corrected chi connectivity index (χ0v) is 29.9. The lowest BCUT2D eigenvalue weighted by Gasteiger charge is -2.45. The van der Waals surface area contributed by atoms with Crippen molar-refractivity contribution in [3.63, 3.8) is 0 Å². The quantitative estimate of drug-likeness (QED) is 0.274. The average molecular weight is 699 g/mol. The molecule has 2 atom stereocenters. The Hall–Kier alpha value is -4.77. The molecule has 272 valence electrons. The second-order valence-corrected chi connectivity index (χ2v) is 14.1. The molecule has 2 unspecified atom stereocenters. The lowest BCUT2D eigenvalue weighted by atomic mass is 9.76. The average Bonchev–Trinajstić information content (AvgIpc) is 3.63. The highest BCUT2D eigenvalue weighted by atomic mass is 16.5. The number of aliphatic carboxylic acids is 1. The Balaban J connectivity index is 1.16. The Bertz CT molecular complexity index is 1650. The van der Waals surface area contributed by atoms with E-state index in [9.17, 15) is 19.5 Å². The molecular formula is C40H50N4O7. The van der Waals surface area contributed by atoms with Crippen LogP contribution in [0.4, 0.5) is 4.79 Å². The minimum absolute atomic E-state index is 0.0724. The molecule has 3 aromatic rings. The van der Waals surface area contributed by atoms with Gasteiger partial charge in [0.25, 0.3) is 5.91 Å². The number of hydrogen-bond donors (Lipinski definition) is 2. The van der Waals surface area contributed by atoms with Gasteiger partial charge in [-0.1, -0.05) is 60.7 Å². The number of urea groups is 1. The van der Waals surface area contributed by atoms with E-state index in [1.165, 1.54) is 5.56 Å². The van der Waals surface area contributed by atoms with Crippen molar-refractivity contribution in [2.24, 2.45) is 5.92 Å². The Morgan fingerprint density at radius 2 is 1.43 bits per heavy atom. The number of carboxylic acids is 1. The number of nitrogens with zero attached hydrogens (tertiary/aromatic N) is 3. The topological polar surface area (TPSA) is 121 Å². The fraction of sp³-hybridized carbons (Fsp3) is 0.475. The van der Waals surface area contributed by atoms with Gasteiger partial charge < -0.3 is 39.3 Å². The summed E-state index contributed by atoms with van der Waals surface area (Å²) < 4.78 is 16.5. The van der Waals surface area contributed by atoms with Crippen LogP contribution in [0.15, 0.2) is 72.8 Å². The van der Waals surface area contributed by atoms with Crippen molar-refractivity contribution in [3.05, 3.63) is 89.5 Å². The number of methoxy groups -OCH3 is 3. The van der Waals surface area contributed by atoms with Crippen LogP contribution in [0.1, 0.15) is 60.0 Å². The van der Waals surface area contributed by atoms with Crippen LogP contribution in [-0.4, -0.2) is 105 Å². The van der Waals surface area contributed by atoms with Crippen LogP contribution in [0, 0.1) is 5.92 Å². The summed E-state index contributed by atoms with van der Waals surface area (Å²) in [6, 6.07) is 23.9. The van der Waals surface area contributed by atoms with E-state index in [4.69, 9.17) is 14.2 Å². The molecule has 0 bridgehead atoms. The van der Waals surface area contributed by atoms with Gasteiger partial charge in [-0.05, 0) is 68.3 Å². The van der Waals surface area contributed by atoms with Gasteiger partial charge in [0, 0.05) is 50.2 Å². The van der Waals surface area contributed by atoms with Crippen LogP contribution in [-0.2, 0) is 15.7 Å². The third-order valence-electron chi connectivity index (χ3n) is 11.3. The van der Waals surface area contributed by atoms with E-state index in [-0.39, 0.29) is 23.9 Å². The molecule has 3 fully saturated rings. The summed E-state index contributed by atoms with van der Waals surface area (Å²) in [5.74, 6) is -0.101. The molecule has 0 radical (unpaired) electrons. The van der Waals surface area contributed by atoms with Crippen LogP contribution in [0.2, 0.25) is 0 Å². The molecule has 0 saturated carbocycles. The first-order chi connectivity index (χ1) is 24.7. The highest BCUT2D eigenvalue weighted by Crippen LogP contribution is 2.42. The van der Waals surface area contributed by atoms with Gasteiger partial charge in [0.1, 0.15) is 0 Å². The first-order valence-corrected chi connectivity index (χ1v) is 17.9. The molecule has 3 heterocycles. The van der Waals surface area contributed by atoms with Crippen molar-refractivity contribution in [2.75, 3.05) is 67.1 Å². The van der Waals surface area contributed by atoms with Gasteiger partial charge in [0.2, 0.25) is 5.75 Å². The number of likely N-dealkylation sites (tertiary alicyclic amines) is 3. The summed E-state index contributed by atoms with van der Waals surface area (Å²) in [5, 5.41) is 13.0. The van der Waals surface area contributed by atoms with Crippen molar-refractivity contribution < 1.29 is 33.7 Å².